The number of carboxylic acid groups (broad SMARTS) is 1. The van der Waals surface area contributed by atoms with E-state index in [1.807, 2.05) is 18.2 Å². The summed E-state index contributed by atoms with van der Waals surface area (Å²) in [5.74, 6) is -1.16. The van der Waals surface area contributed by atoms with Crippen molar-refractivity contribution in [2.75, 3.05) is 19.6 Å². The number of hydrogen-bond acceptors (Lipinski definition) is 4. The number of benzene rings is 2. The van der Waals surface area contributed by atoms with E-state index in [0.29, 0.717) is 13.1 Å². The van der Waals surface area contributed by atoms with E-state index in [0.717, 1.165) is 24.2 Å². The first-order valence-electron chi connectivity index (χ1n) is 10.0. The van der Waals surface area contributed by atoms with E-state index in [2.05, 4.69) is 58.6 Å². The van der Waals surface area contributed by atoms with Gasteiger partial charge in [0.1, 0.15) is 0 Å². The molecule has 7 nitrogen and oxygen atoms in total. The third-order valence-corrected chi connectivity index (χ3v) is 4.73. The highest BCUT2D eigenvalue weighted by Crippen LogP contribution is 2.19. The predicted molar refractivity (Wildman–Crippen MR) is 115 cm³/mol. The van der Waals surface area contributed by atoms with Gasteiger partial charge in [0.2, 0.25) is 0 Å². The molecule has 7 heteroatoms. The molecule has 0 unspecified atom stereocenters. The molecule has 0 saturated carbocycles. The zero-order valence-corrected chi connectivity index (χ0v) is 17.0. The van der Waals surface area contributed by atoms with Gasteiger partial charge in [-0.3, -0.25) is 4.90 Å². The lowest BCUT2D eigenvalue weighted by atomic mass is 10.0. The van der Waals surface area contributed by atoms with Gasteiger partial charge < -0.3 is 10.4 Å². The van der Waals surface area contributed by atoms with Gasteiger partial charge in [-0.05, 0) is 35.7 Å². The van der Waals surface area contributed by atoms with E-state index < -0.39 is 12.0 Å². The molecule has 1 aromatic heterocycles. The quantitative estimate of drug-likeness (QED) is 0.566. The molecule has 1 heterocycles. The molecule has 0 atom stereocenters. The number of carbonyl (C=O) groups is 2. The molecule has 0 saturated heterocycles. The molecule has 0 fully saturated rings. The number of aromatic nitrogens is 2. The Hall–Kier alpha value is -3.45. The van der Waals surface area contributed by atoms with Crippen LogP contribution in [-0.4, -0.2) is 51.4 Å². The summed E-state index contributed by atoms with van der Waals surface area (Å²) in [6, 6.07) is 19.7. The molecule has 0 spiro atoms. The lowest BCUT2D eigenvalue weighted by molar-refractivity contribution is 0.0690. The van der Waals surface area contributed by atoms with Gasteiger partial charge in [-0.2, -0.15) is 9.78 Å². The van der Waals surface area contributed by atoms with Gasteiger partial charge in [0.15, 0.2) is 5.69 Å². The maximum Gasteiger partial charge on any atom is 0.356 e. The van der Waals surface area contributed by atoms with Gasteiger partial charge >= 0.3 is 12.0 Å². The van der Waals surface area contributed by atoms with E-state index >= 15 is 0 Å². The number of aromatic carboxylic acids is 1. The van der Waals surface area contributed by atoms with Crippen LogP contribution in [0.25, 0.3) is 11.1 Å². The van der Waals surface area contributed by atoms with Crippen LogP contribution in [-0.2, 0) is 6.54 Å². The average molecular weight is 406 g/mol. The number of rotatable bonds is 9. The summed E-state index contributed by atoms with van der Waals surface area (Å²) in [6.07, 6.45) is 2.36. The highest BCUT2D eigenvalue weighted by Gasteiger charge is 2.12. The van der Waals surface area contributed by atoms with Crippen LogP contribution in [0.3, 0.4) is 0 Å². The molecule has 2 N–H and O–H groups in total. The molecule has 0 bridgehead atoms. The molecule has 3 aromatic rings. The number of carbonyl (C=O) groups excluding carboxylic acids is 1. The fourth-order valence-corrected chi connectivity index (χ4v) is 3.23. The monoisotopic (exact) mass is 406 g/mol. The Morgan fingerprint density at radius 3 is 2.33 bits per heavy atom. The van der Waals surface area contributed by atoms with E-state index in [4.69, 9.17) is 5.11 Å². The van der Waals surface area contributed by atoms with Crippen LogP contribution in [0.2, 0.25) is 0 Å². The Balaban J connectivity index is 1.52. The Kier molecular flexibility index (Phi) is 7.34. The molecule has 0 aliphatic rings. The van der Waals surface area contributed by atoms with Crippen molar-refractivity contribution in [1.82, 2.24) is 20.0 Å². The number of carboxylic acids is 1. The van der Waals surface area contributed by atoms with E-state index in [1.165, 1.54) is 29.0 Å². The Morgan fingerprint density at radius 2 is 1.70 bits per heavy atom. The molecule has 0 aliphatic carbocycles. The first-order chi connectivity index (χ1) is 14.6. The van der Waals surface area contributed by atoms with E-state index in [-0.39, 0.29) is 5.69 Å². The van der Waals surface area contributed by atoms with Crippen LogP contribution in [0, 0.1) is 0 Å². The third kappa shape index (κ3) is 5.78. The highest BCUT2D eigenvalue weighted by atomic mass is 16.4. The van der Waals surface area contributed by atoms with Crippen LogP contribution in [0.4, 0.5) is 4.79 Å². The van der Waals surface area contributed by atoms with Crippen molar-refractivity contribution in [3.05, 3.63) is 78.1 Å². The van der Waals surface area contributed by atoms with Gasteiger partial charge in [-0.1, -0.05) is 61.5 Å². The normalized spacial score (nSPS) is 10.9. The third-order valence-electron chi connectivity index (χ3n) is 4.73. The van der Waals surface area contributed by atoms with Crippen molar-refractivity contribution < 1.29 is 14.7 Å². The van der Waals surface area contributed by atoms with Gasteiger partial charge in [0.25, 0.3) is 0 Å². The molecular formula is C23H26N4O3. The second-order valence-corrected chi connectivity index (χ2v) is 7.02. The Bertz CT molecular complexity index is 968. The van der Waals surface area contributed by atoms with Gasteiger partial charge in [-0.15, -0.1) is 0 Å². The molecule has 0 aliphatic heterocycles. The molecular weight excluding hydrogens is 380 g/mol. The van der Waals surface area contributed by atoms with Crippen LogP contribution in [0.1, 0.15) is 29.4 Å². The molecule has 3 rings (SSSR count). The van der Waals surface area contributed by atoms with E-state index in [1.54, 1.807) is 0 Å². The number of nitrogens with zero attached hydrogens (tertiary/aromatic N) is 3. The zero-order valence-electron chi connectivity index (χ0n) is 17.0. The molecule has 156 valence electrons. The second-order valence-electron chi connectivity index (χ2n) is 7.02. The second kappa shape index (κ2) is 10.4. The standard InChI is InChI=1S/C23H26N4O3/c1-2-14-26(16-13-24-23(30)27-15-12-21(25-27)22(28)29)17-18-8-10-20(11-9-18)19-6-4-3-5-7-19/h3-12,15H,2,13-14,16-17H2,1H3,(H,24,30)(H,28,29). The maximum atomic E-state index is 12.1. The fourth-order valence-electron chi connectivity index (χ4n) is 3.23. The van der Waals surface area contributed by atoms with Crippen molar-refractivity contribution in [3.63, 3.8) is 0 Å². The highest BCUT2D eigenvalue weighted by molar-refractivity contribution is 5.86. The van der Waals surface area contributed by atoms with Gasteiger partial charge in [0, 0.05) is 25.8 Å². The van der Waals surface area contributed by atoms with Crippen LogP contribution >= 0.6 is 0 Å². The lowest BCUT2D eigenvalue weighted by Gasteiger charge is -2.22. The first-order valence-corrected chi connectivity index (χ1v) is 10.0. The van der Waals surface area contributed by atoms with Crippen molar-refractivity contribution in [3.8, 4) is 11.1 Å². The molecule has 2 aromatic carbocycles. The zero-order chi connectivity index (χ0) is 21.3. The number of nitrogens with one attached hydrogen (secondary N) is 1. The molecule has 0 radical (unpaired) electrons. The Labute approximate surface area is 175 Å². The van der Waals surface area contributed by atoms with Crippen LogP contribution in [0.15, 0.2) is 66.9 Å². The van der Waals surface area contributed by atoms with Crippen molar-refractivity contribution in [2.24, 2.45) is 0 Å². The van der Waals surface area contributed by atoms with Gasteiger partial charge in [-0.25, -0.2) is 9.59 Å². The number of hydrogen-bond donors (Lipinski definition) is 2. The summed E-state index contributed by atoms with van der Waals surface area (Å²) < 4.78 is 1.01. The first kappa shape index (κ1) is 21.3. The van der Waals surface area contributed by atoms with Crippen LogP contribution in [0.5, 0.6) is 0 Å². The Morgan fingerprint density at radius 1 is 1.00 bits per heavy atom. The largest absolute Gasteiger partial charge is 0.476 e. The average Bonchev–Trinajstić information content (AvgIpc) is 3.26. The summed E-state index contributed by atoms with van der Waals surface area (Å²) in [7, 11) is 0. The van der Waals surface area contributed by atoms with Crippen LogP contribution < -0.4 is 5.32 Å². The SMILES string of the molecule is CCCN(CCNC(=O)n1ccc(C(=O)O)n1)Cc1ccc(-c2ccccc2)cc1. The summed E-state index contributed by atoms with van der Waals surface area (Å²) >= 11 is 0. The topological polar surface area (TPSA) is 87.5 Å². The maximum absolute atomic E-state index is 12.1. The smallest absolute Gasteiger partial charge is 0.356 e. The molecule has 1 amide bonds. The minimum absolute atomic E-state index is 0.156. The van der Waals surface area contributed by atoms with Crippen molar-refractivity contribution >= 4 is 12.0 Å². The minimum Gasteiger partial charge on any atom is -0.476 e. The minimum atomic E-state index is -1.16. The lowest BCUT2D eigenvalue weighted by Crippen LogP contribution is -2.37. The van der Waals surface area contributed by atoms with Crippen molar-refractivity contribution in [1.29, 1.82) is 0 Å². The molecule has 30 heavy (non-hydrogen) atoms. The number of amides is 1. The van der Waals surface area contributed by atoms with E-state index in [9.17, 15) is 9.59 Å². The van der Waals surface area contributed by atoms with Crippen molar-refractivity contribution in [2.45, 2.75) is 19.9 Å². The summed E-state index contributed by atoms with van der Waals surface area (Å²) in [5, 5.41) is 15.4. The predicted octanol–water partition coefficient (Wildman–Crippen LogP) is 3.72. The summed E-state index contributed by atoms with van der Waals surface area (Å²) in [5.41, 5.74) is 3.44. The fraction of sp³-hybridized carbons (Fsp3) is 0.261. The summed E-state index contributed by atoms with van der Waals surface area (Å²) in [6.45, 7) is 4.97. The van der Waals surface area contributed by atoms with Gasteiger partial charge in [0.05, 0.1) is 0 Å². The summed E-state index contributed by atoms with van der Waals surface area (Å²) in [4.78, 5) is 25.3.